The number of halogens is 2. The molecule has 3 aliphatic rings. The van der Waals surface area contributed by atoms with Gasteiger partial charge >= 0.3 is 0 Å². The molecule has 0 bridgehead atoms. The lowest BCUT2D eigenvalue weighted by atomic mass is 9.60. The fourth-order valence-corrected chi connectivity index (χ4v) is 6.60. The molecule has 5 heteroatoms. The number of aliphatic hydroxyl groups is 3. The molecule has 0 radical (unpaired) electrons. The molecule has 182 valence electrons. The summed E-state index contributed by atoms with van der Waals surface area (Å²) in [6.45, 7) is 10.8. The van der Waals surface area contributed by atoms with Crippen LogP contribution < -0.4 is 0 Å². The Morgan fingerprint density at radius 1 is 1.22 bits per heavy atom. The first-order valence-electron chi connectivity index (χ1n) is 12.3. The molecule has 0 unspecified atom stereocenters. The van der Waals surface area contributed by atoms with E-state index in [1.54, 1.807) is 0 Å². The van der Waals surface area contributed by atoms with Gasteiger partial charge in [0.2, 0.25) is 0 Å². The molecule has 0 amide bonds. The highest BCUT2D eigenvalue weighted by Crippen LogP contribution is 2.60. The van der Waals surface area contributed by atoms with E-state index in [0.717, 1.165) is 37.7 Å². The third-order valence-corrected chi connectivity index (χ3v) is 8.80. The maximum Gasteiger partial charge on any atom is 0.275 e. The van der Waals surface area contributed by atoms with Crippen molar-refractivity contribution in [3.8, 4) is 0 Å². The summed E-state index contributed by atoms with van der Waals surface area (Å²) in [4.78, 5) is 0. The average Bonchev–Trinajstić information content (AvgIpc) is 3.04. The fourth-order valence-electron chi connectivity index (χ4n) is 6.60. The number of aliphatic hydroxyl groups excluding tert-OH is 2. The molecular formula is C27H42F2O3. The monoisotopic (exact) mass is 452 g/mol. The van der Waals surface area contributed by atoms with Crippen LogP contribution in [0.2, 0.25) is 0 Å². The molecule has 6 atom stereocenters. The Morgan fingerprint density at radius 2 is 1.91 bits per heavy atom. The van der Waals surface area contributed by atoms with Gasteiger partial charge in [-0.1, -0.05) is 38.2 Å². The number of rotatable bonds is 6. The first kappa shape index (κ1) is 25.6. The molecule has 0 aromatic rings. The largest absolute Gasteiger partial charge is 0.393 e. The number of hydrogen-bond acceptors (Lipinski definition) is 3. The van der Waals surface area contributed by atoms with E-state index in [4.69, 9.17) is 0 Å². The molecule has 0 aliphatic heterocycles. The lowest BCUT2D eigenvalue weighted by Crippen LogP contribution is -2.43. The quantitative estimate of drug-likeness (QED) is 0.467. The van der Waals surface area contributed by atoms with Gasteiger partial charge in [-0.05, 0) is 93.1 Å². The zero-order valence-electron chi connectivity index (χ0n) is 20.2. The van der Waals surface area contributed by atoms with Crippen LogP contribution in [0.4, 0.5) is 8.78 Å². The lowest BCUT2D eigenvalue weighted by Gasteiger charge is -2.44. The standard InChI is InChI=1S/C27H42F2O3/c1-17(12-14-27(28,29)25(3,4)32)22-10-11-23-19(7-6-13-26(22,23)5)8-9-20-15-21(30)16-24(31)18(20)2/h8-9,17,21-24,30-32H,2,6-7,10-16H2,1,3-5H3/b19-8+,20-9-/t17-,21-,22-,23+,24+,26-/m1/s1. The van der Waals surface area contributed by atoms with E-state index in [2.05, 4.69) is 26.5 Å². The summed E-state index contributed by atoms with van der Waals surface area (Å²) in [5, 5.41) is 29.9. The minimum Gasteiger partial charge on any atom is -0.393 e. The smallest absolute Gasteiger partial charge is 0.275 e. The summed E-state index contributed by atoms with van der Waals surface area (Å²) in [7, 11) is 0. The molecule has 3 nitrogen and oxygen atoms in total. The lowest BCUT2D eigenvalue weighted by molar-refractivity contribution is -0.168. The second kappa shape index (κ2) is 9.31. The second-order valence-corrected chi connectivity index (χ2v) is 11.4. The van der Waals surface area contributed by atoms with Crippen LogP contribution in [0, 0.1) is 23.2 Å². The van der Waals surface area contributed by atoms with Gasteiger partial charge in [-0.15, -0.1) is 0 Å². The maximum absolute atomic E-state index is 14.3. The van der Waals surface area contributed by atoms with Gasteiger partial charge in [0.25, 0.3) is 5.92 Å². The van der Waals surface area contributed by atoms with Crippen molar-refractivity contribution in [2.24, 2.45) is 23.2 Å². The van der Waals surface area contributed by atoms with Gasteiger partial charge in [-0.3, -0.25) is 0 Å². The maximum atomic E-state index is 14.3. The Morgan fingerprint density at radius 3 is 2.56 bits per heavy atom. The van der Waals surface area contributed by atoms with E-state index in [-0.39, 0.29) is 17.8 Å². The summed E-state index contributed by atoms with van der Waals surface area (Å²) in [5.74, 6) is -2.06. The summed E-state index contributed by atoms with van der Waals surface area (Å²) >= 11 is 0. The van der Waals surface area contributed by atoms with Crippen molar-refractivity contribution < 1.29 is 24.1 Å². The summed E-state index contributed by atoms with van der Waals surface area (Å²) < 4.78 is 28.6. The Hall–Kier alpha value is -1.04. The van der Waals surface area contributed by atoms with Crippen LogP contribution in [0.3, 0.4) is 0 Å². The van der Waals surface area contributed by atoms with Gasteiger partial charge in [0.05, 0.1) is 12.2 Å². The highest BCUT2D eigenvalue weighted by Gasteiger charge is 2.51. The van der Waals surface area contributed by atoms with Crippen LogP contribution in [0.1, 0.15) is 85.5 Å². The molecule has 32 heavy (non-hydrogen) atoms. The van der Waals surface area contributed by atoms with Crippen molar-refractivity contribution in [2.45, 2.75) is 109 Å². The molecule has 0 saturated heterocycles. The Kier molecular flexibility index (Phi) is 7.44. The zero-order chi connectivity index (χ0) is 23.9. The van der Waals surface area contributed by atoms with Crippen molar-refractivity contribution in [3.63, 3.8) is 0 Å². The number of fused-ring (bicyclic) bond motifs is 1. The number of alkyl halides is 2. The van der Waals surface area contributed by atoms with Gasteiger partial charge in [0, 0.05) is 12.8 Å². The van der Waals surface area contributed by atoms with Crippen molar-refractivity contribution in [1.82, 2.24) is 0 Å². The van der Waals surface area contributed by atoms with Crippen LogP contribution in [-0.2, 0) is 0 Å². The predicted molar refractivity (Wildman–Crippen MR) is 124 cm³/mol. The van der Waals surface area contributed by atoms with Gasteiger partial charge in [-0.2, -0.15) is 0 Å². The SMILES string of the molecule is C=C1/C(=C\C=C2/CCC[C@]3(C)[C@@H]([C@H](C)CCC(F)(F)C(C)(C)O)CC[C@@H]23)C[C@@H](O)C[C@@H]1O. The van der Waals surface area contributed by atoms with Crippen molar-refractivity contribution >= 4 is 0 Å². The molecule has 3 saturated carbocycles. The highest BCUT2D eigenvalue weighted by molar-refractivity contribution is 5.38. The van der Waals surface area contributed by atoms with E-state index in [9.17, 15) is 24.1 Å². The Labute approximate surface area is 192 Å². The minimum absolute atomic E-state index is 0.106. The molecule has 0 heterocycles. The van der Waals surface area contributed by atoms with Crippen LogP contribution in [0.25, 0.3) is 0 Å². The Bertz CT molecular complexity index is 763. The summed E-state index contributed by atoms with van der Waals surface area (Å²) in [6.07, 6.45) is 9.40. The minimum atomic E-state index is -3.08. The van der Waals surface area contributed by atoms with E-state index in [1.165, 1.54) is 19.4 Å². The van der Waals surface area contributed by atoms with Gasteiger partial charge in [-0.25, -0.2) is 8.78 Å². The molecular weight excluding hydrogens is 410 g/mol. The molecule has 3 rings (SSSR count). The number of hydrogen-bond donors (Lipinski definition) is 3. The summed E-state index contributed by atoms with van der Waals surface area (Å²) in [6, 6.07) is 0. The third kappa shape index (κ3) is 5.05. The first-order valence-corrected chi connectivity index (χ1v) is 12.3. The highest BCUT2D eigenvalue weighted by atomic mass is 19.3. The average molecular weight is 453 g/mol. The topological polar surface area (TPSA) is 60.7 Å². The molecule has 0 aromatic heterocycles. The van der Waals surface area contributed by atoms with Gasteiger partial charge < -0.3 is 15.3 Å². The van der Waals surface area contributed by atoms with E-state index >= 15 is 0 Å². The van der Waals surface area contributed by atoms with E-state index < -0.39 is 23.7 Å². The third-order valence-electron chi connectivity index (χ3n) is 8.80. The van der Waals surface area contributed by atoms with Crippen molar-refractivity contribution in [2.75, 3.05) is 0 Å². The number of allylic oxidation sites excluding steroid dienone is 3. The van der Waals surface area contributed by atoms with Gasteiger partial charge in [0.1, 0.15) is 5.60 Å². The summed E-state index contributed by atoms with van der Waals surface area (Å²) in [5.41, 5.74) is 1.15. The van der Waals surface area contributed by atoms with Crippen LogP contribution in [0.5, 0.6) is 0 Å². The predicted octanol–water partition coefficient (Wildman–Crippen LogP) is 5.95. The first-order chi connectivity index (χ1) is 14.8. The van der Waals surface area contributed by atoms with E-state index in [1.807, 2.05) is 6.08 Å². The van der Waals surface area contributed by atoms with Crippen LogP contribution >= 0.6 is 0 Å². The van der Waals surface area contributed by atoms with Crippen molar-refractivity contribution in [1.29, 1.82) is 0 Å². The fraction of sp³-hybridized carbons (Fsp3) is 0.778. The van der Waals surface area contributed by atoms with Crippen LogP contribution in [0.15, 0.2) is 35.5 Å². The molecule has 3 fully saturated rings. The molecule has 0 aromatic carbocycles. The Balaban J connectivity index is 1.73. The van der Waals surface area contributed by atoms with E-state index in [0.29, 0.717) is 36.7 Å². The van der Waals surface area contributed by atoms with Gasteiger partial charge in [0.15, 0.2) is 0 Å². The van der Waals surface area contributed by atoms with Crippen molar-refractivity contribution in [3.05, 3.63) is 35.5 Å². The molecule has 0 spiro atoms. The normalized spacial score (nSPS) is 37.7. The molecule has 3 aliphatic carbocycles. The van der Waals surface area contributed by atoms with Crippen LogP contribution in [-0.4, -0.2) is 39.1 Å². The zero-order valence-corrected chi connectivity index (χ0v) is 20.2. The second-order valence-electron chi connectivity index (χ2n) is 11.4. The molecule has 3 N–H and O–H groups in total.